The largest absolute Gasteiger partial charge is 0.270 e. The Kier molecular flexibility index (Phi) is 4.76. The summed E-state index contributed by atoms with van der Waals surface area (Å²) in [7, 11) is -3.77. The van der Waals surface area contributed by atoms with Crippen LogP contribution < -0.4 is 0 Å². The molecule has 0 bridgehead atoms. The number of thiocarbonyl (C=S) groups is 1. The van der Waals surface area contributed by atoms with Crippen molar-refractivity contribution in [1.82, 2.24) is 4.31 Å². The third-order valence-corrected chi connectivity index (χ3v) is 7.24. The standard InChI is InChI=1S/C17H16N2O2S3/c1-12-8-10-15(11-9-12)24(20,21)19-16(22)13(2)23-17(19)18-14-6-4-3-5-7-14/h3-11,13H,1-2H3/t13-/m1/s1. The van der Waals surface area contributed by atoms with Crippen LogP contribution in [0.2, 0.25) is 0 Å². The number of aliphatic imine (C=N–C) groups is 1. The molecule has 1 aliphatic heterocycles. The molecule has 1 fully saturated rings. The first-order valence-electron chi connectivity index (χ1n) is 7.36. The highest BCUT2D eigenvalue weighted by Crippen LogP contribution is 2.34. The lowest BCUT2D eigenvalue weighted by Gasteiger charge is -2.18. The Labute approximate surface area is 151 Å². The third-order valence-electron chi connectivity index (χ3n) is 3.54. The van der Waals surface area contributed by atoms with Crippen molar-refractivity contribution in [3.63, 3.8) is 0 Å². The molecule has 24 heavy (non-hydrogen) atoms. The maximum absolute atomic E-state index is 13.0. The van der Waals surface area contributed by atoms with E-state index in [1.165, 1.54) is 16.1 Å². The lowest BCUT2D eigenvalue weighted by Crippen LogP contribution is -2.36. The molecule has 7 heteroatoms. The van der Waals surface area contributed by atoms with Crippen molar-refractivity contribution in [2.75, 3.05) is 0 Å². The molecule has 0 amide bonds. The number of aryl methyl sites for hydroxylation is 1. The van der Waals surface area contributed by atoms with E-state index in [9.17, 15) is 8.42 Å². The highest BCUT2D eigenvalue weighted by atomic mass is 32.2. The molecule has 1 saturated heterocycles. The fourth-order valence-electron chi connectivity index (χ4n) is 2.24. The molecular formula is C17H16N2O2S3. The van der Waals surface area contributed by atoms with Gasteiger partial charge in [-0.1, -0.05) is 59.9 Å². The second-order valence-corrected chi connectivity index (χ2v) is 8.92. The second kappa shape index (κ2) is 6.66. The van der Waals surface area contributed by atoms with Crippen molar-refractivity contribution in [1.29, 1.82) is 0 Å². The van der Waals surface area contributed by atoms with Gasteiger partial charge in [-0.25, -0.2) is 17.7 Å². The molecule has 1 aliphatic rings. The number of benzene rings is 2. The maximum Gasteiger partial charge on any atom is 0.270 e. The molecule has 124 valence electrons. The average molecular weight is 377 g/mol. The summed E-state index contributed by atoms with van der Waals surface area (Å²) in [4.78, 5) is 5.06. The van der Waals surface area contributed by atoms with Gasteiger partial charge in [0.2, 0.25) is 0 Å². The van der Waals surface area contributed by atoms with Gasteiger partial charge in [-0.15, -0.1) is 0 Å². The number of amidine groups is 1. The summed E-state index contributed by atoms with van der Waals surface area (Å²) in [5.74, 6) is 0. The van der Waals surface area contributed by atoms with Gasteiger partial charge in [0.25, 0.3) is 10.0 Å². The Balaban J connectivity index is 2.07. The number of para-hydroxylation sites is 1. The summed E-state index contributed by atoms with van der Waals surface area (Å²) in [6, 6.07) is 16.0. The van der Waals surface area contributed by atoms with Gasteiger partial charge in [0.1, 0.15) is 4.99 Å². The number of thioether (sulfide) groups is 1. The molecule has 0 radical (unpaired) electrons. The smallest absolute Gasteiger partial charge is 0.224 e. The fourth-order valence-corrected chi connectivity index (χ4v) is 5.52. The lowest BCUT2D eigenvalue weighted by molar-refractivity contribution is 0.572. The van der Waals surface area contributed by atoms with Crippen LogP contribution in [0.3, 0.4) is 0 Å². The predicted octanol–water partition coefficient (Wildman–Crippen LogP) is 4.14. The van der Waals surface area contributed by atoms with Gasteiger partial charge in [0.05, 0.1) is 15.8 Å². The summed E-state index contributed by atoms with van der Waals surface area (Å²) in [6.45, 7) is 3.80. The summed E-state index contributed by atoms with van der Waals surface area (Å²) in [5, 5.41) is 0.266. The minimum absolute atomic E-state index is 0.123. The molecule has 1 heterocycles. The minimum Gasteiger partial charge on any atom is -0.224 e. The topological polar surface area (TPSA) is 49.7 Å². The summed E-state index contributed by atoms with van der Waals surface area (Å²) in [6.07, 6.45) is 0. The third kappa shape index (κ3) is 3.24. The van der Waals surface area contributed by atoms with Crippen LogP contribution in [0.1, 0.15) is 12.5 Å². The van der Waals surface area contributed by atoms with Crippen molar-refractivity contribution in [2.24, 2.45) is 4.99 Å². The van der Waals surface area contributed by atoms with Crippen LogP contribution >= 0.6 is 24.0 Å². The zero-order valence-corrected chi connectivity index (χ0v) is 15.7. The van der Waals surface area contributed by atoms with Gasteiger partial charge >= 0.3 is 0 Å². The Hall–Kier alpha value is -1.70. The first-order valence-corrected chi connectivity index (χ1v) is 10.1. The van der Waals surface area contributed by atoms with E-state index in [2.05, 4.69) is 4.99 Å². The van der Waals surface area contributed by atoms with E-state index < -0.39 is 10.0 Å². The molecule has 3 rings (SSSR count). The van der Waals surface area contributed by atoms with Gasteiger partial charge in [-0.05, 0) is 38.1 Å². The van der Waals surface area contributed by atoms with Crippen LogP contribution in [0.15, 0.2) is 64.5 Å². The minimum atomic E-state index is -3.77. The van der Waals surface area contributed by atoms with E-state index in [1.54, 1.807) is 24.3 Å². The van der Waals surface area contributed by atoms with E-state index >= 15 is 0 Å². The van der Waals surface area contributed by atoms with E-state index in [-0.39, 0.29) is 10.1 Å². The second-order valence-electron chi connectivity index (χ2n) is 5.41. The van der Waals surface area contributed by atoms with Crippen molar-refractivity contribution >= 4 is 49.8 Å². The summed E-state index contributed by atoms with van der Waals surface area (Å²) in [5.41, 5.74) is 1.69. The lowest BCUT2D eigenvalue weighted by atomic mass is 10.2. The number of sulfonamides is 1. The van der Waals surface area contributed by atoms with Gasteiger partial charge in [-0.3, -0.25) is 0 Å². The van der Waals surface area contributed by atoms with Gasteiger partial charge in [0, 0.05) is 0 Å². The molecule has 1 atom stereocenters. The predicted molar refractivity (Wildman–Crippen MR) is 103 cm³/mol. The Morgan fingerprint density at radius 1 is 1.08 bits per heavy atom. The molecular weight excluding hydrogens is 360 g/mol. The summed E-state index contributed by atoms with van der Waals surface area (Å²) < 4.78 is 27.3. The number of nitrogens with zero attached hydrogens (tertiary/aromatic N) is 2. The zero-order valence-electron chi connectivity index (χ0n) is 13.2. The van der Waals surface area contributed by atoms with Gasteiger partial charge < -0.3 is 0 Å². The highest BCUT2D eigenvalue weighted by Gasteiger charge is 2.40. The summed E-state index contributed by atoms with van der Waals surface area (Å²) >= 11 is 6.73. The van der Waals surface area contributed by atoms with Gasteiger partial charge in [-0.2, -0.15) is 0 Å². The van der Waals surface area contributed by atoms with E-state index in [4.69, 9.17) is 12.2 Å². The molecule has 0 saturated carbocycles. The van der Waals surface area contributed by atoms with E-state index in [0.29, 0.717) is 15.8 Å². The van der Waals surface area contributed by atoms with Crippen molar-refractivity contribution in [2.45, 2.75) is 24.0 Å². The van der Waals surface area contributed by atoms with Crippen LogP contribution in [0.5, 0.6) is 0 Å². The molecule has 0 aliphatic carbocycles. The SMILES string of the molecule is Cc1ccc(S(=O)(=O)N2C(=S)[C@@H](C)SC2=Nc2ccccc2)cc1. The quantitative estimate of drug-likeness (QED) is 0.756. The van der Waals surface area contributed by atoms with Crippen LogP contribution in [-0.4, -0.2) is 28.1 Å². The van der Waals surface area contributed by atoms with E-state index in [1.807, 2.05) is 44.2 Å². The van der Waals surface area contributed by atoms with Crippen LogP contribution in [0.25, 0.3) is 0 Å². The molecule has 0 N–H and O–H groups in total. The number of hydrogen-bond acceptors (Lipinski definition) is 5. The van der Waals surface area contributed by atoms with Crippen molar-refractivity contribution < 1.29 is 8.42 Å². The highest BCUT2D eigenvalue weighted by molar-refractivity contribution is 8.18. The number of hydrogen-bond donors (Lipinski definition) is 0. The molecule has 2 aromatic rings. The van der Waals surface area contributed by atoms with Crippen LogP contribution in [0.4, 0.5) is 5.69 Å². The normalized spacial score (nSPS) is 19.9. The van der Waals surface area contributed by atoms with E-state index in [0.717, 1.165) is 5.56 Å². The zero-order chi connectivity index (χ0) is 17.3. The van der Waals surface area contributed by atoms with Gasteiger partial charge in [0.15, 0.2) is 5.17 Å². The Morgan fingerprint density at radius 3 is 2.33 bits per heavy atom. The molecule has 2 aromatic carbocycles. The molecule has 4 nitrogen and oxygen atoms in total. The molecule has 0 unspecified atom stereocenters. The Bertz CT molecular complexity index is 891. The first kappa shape index (κ1) is 17.1. The molecule has 0 spiro atoms. The van der Waals surface area contributed by atoms with Crippen molar-refractivity contribution in [3.8, 4) is 0 Å². The van der Waals surface area contributed by atoms with Crippen LogP contribution in [0, 0.1) is 6.92 Å². The molecule has 0 aromatic heterocycles. The van der Waals surface area contributed by atoms with Crippen LogP contribution in [-0.2, 0) is 10.0 Å². The van der Waals surface area contributed by atoms with Crippen molar-refractivity contribution in [3.05, 3.63) is 60.2 Å². The average Bonchev–Trinajstić information content (AvgIpc) is 2.83. The maximum atomic E-state index is 13.0. The monoisotopic (exact) mass is 376 g/mol. The first-order chi connectivity index (χ1) is 11.4. The number of rotatable bonds is 3. The fraction of sp³-hybridized carbons (Fsp3) is 0.176. The Morgan fingerprint density at radius 2 is 1.71 bits per heavy atom.